The molecule has 0 saturated carbocycles. The number of alkyl halides is 3. The monoisotopic (exact) mass is 385 g/mol. The van der Waals surface area contributed by atoms with Crippen molar-refractivity contribution in [2.45, 2.75) is 19.5 Å². The van der Waals surface area contributed by atoms with Gasteiger partial charge in [-0.05, 0) is 12.1 Å². The van der Waals surface area contributed by atoms with E-state index in [1.165, 1.54) is 49.4 Å². The molecule has 0 aliphatic heterocycles. The van der Waals surface area contributed by atoms with Crippen molar-refractivity contribution < 1.29 is 27.4 Å². The van der Waals surface area contributed by atoms with Crippen molar-refractivity contribution in [3.8, 4) is 5.75 Å². The van der Waals surface area contributed by atoms with E-state index in [2.05, 4.69) is 9.84 Å². The largest absolute Gasteiger partial charge is 0.573 e. The molecule has 0 aliphatic rings. The van der Waals surface area contributed by atoms with Crippen LogP contribution in [-0.2, 0) is 17.8 Å². The lowest BCUT2D eigenvalue weighted by Gasteiger charge is -2.19. The highest BCUT2D eigenvalue weighted by Crippen LogP contribution is 2.27. The number of carbonyl (C=O) groups excluding carboxylic acids is 1. The van der Waals surface area contributed by atoms with Crippen molar-refractivity contribution in [3.63, 3.8) is 0 Å². The summed E-state index contributed by atoms with van der Waals surface area (Å²) < 4.78 is 47.5. The number of aromatic nitrogens is 2. The number of carbonyl (C=O) groups is 1. The zero-order valence-corrected chi connectivity index (χ0v) is 14.7. The van der Waals surface area contributed by atoms with Crippen molar-refractivity contribution in [1.82, 2.24) is 14.7 Å². The number of methoxy groups -OCH3 is 1. The van der Waals surface area contributed by atoms with Crippen LogP contribution in [0.25, 0.3) is 0 Å². The summed E-state index contributed by atoms with van der Waals surface area (Å²) >= 11 is 0. The maximum Gasteiger partial charge on any atom is 0.573 e. The third kappa shape index (κ3) is 5.81. The first-order valence-electron chi connectivity index (χ1n) is 7.87. The molecule has 0 fully saturated rings. The van der Waals surface area contributed by atoms with Gasteiger partial charge in [-0.2, -0.15) is 5.10 Å². The van der Waals surface area contributed by atoms with Crippen LogP contribution in [-0.4, -0.2) is 47.7 Å². The van der Waals surface area contributed by atoms with Crippen molar-refractivity contribution in [2.75, 3.05) is 20.8 Å². The highest BCUT2D eigenvalue weighted by Gasteiger charge is 2.32. The Morgan fingerprint density at radius 1 is 1.22 bits per heavy atom. The fourth-order valence-electron chi connectivity index (χ4n) is 2.28. The van der Waals surface area contributed by atoms with Gasteiger partial charge in [0.25, 0.3) is 11.5 Å². The Kier molecular flexibility index (Phi) is 6.56. The minimum atomic E-state index is -4.84. The summed E-state index contributed by atoms with van der Waals surface area (Å²) in [6.07, 6.45) is -4.84. The summed E-state index contributed by atoms with van der Waals surface area (Å²) in [5, 5.41) is 3.98. The standard InChI is InChI=1S/C17H18F3N3O4/c1-22(11-12-5-3-4-6-14(12)27-17(18,19)20)16(25)13-7-8-15(24)23(21-13)9-10-26-2/h3-8H,9-11H2,1-2H3. The molecule has 2 rings (SSSR count). The van der Waals surface area contributed by atoms with Crippen molar-refractivity contribution in [1.29, 1.82) is 0 Å². The Labute approximate surface area is 152 Å². The number of hydrogen-bond acceptors (Lipinski definition) is 5. The number of benzene rings is 1. The van der Waals surface area contributed by atoms with E-state index < -0.39 is 17.8 Å². The summed E-state index contributed by atoms with van der Waals surface area (Å²) in [4.78, 5) is 25.5. The number of rotatable bonds is 7. The molecule has 10 heteroatoms. The molecule has 0 atom stereocenters. The Morgan fingerprint density at radius 3 is 2.59 bits per heavy atom. The van der Waals surface area contributed by atoms with Crippen LogP contribution < -0.4 is 10.3 Å². The average Bonchev–Trinajstić information content (AvgIpc) is 2.61. The van der Waals surface area contributed by atoms with Crippen LogP contribution in [0.2, 0.25) is 0 Å². The lowest BCUT2D eigenvalue weighted by Crippen LogP contribution is -2.31. The quantitative estimate of drug-likeness (QED) is 0.730. The van der Waals surface area contributed by atoms with Crippen LogP contribution in [0.4, 0.5) is 13.2 Å². The van der Waals surface area contributed by atoms with Crippen LogP contribution >= 0.6 is 0 Å². The fraction of sp³-hybridized carbons (Fsp3) is 0.353. The Morgan fingerprint density at radius 2 is 1.93 bits per heavy atom. The Balaban J connectivity index is 2.18. The van der Waals surface area contributed by atoms with Crippen molar-refractivity contribution in [3.05, 3.63) is 58.0 Å². The second kappa shape index (κ2) is 8.67. The third-order valence-electron chi connectivity index (χ3n) is 3.55. The normalized spacial score (nSPS) is 11.3. The first-order valence-corrected chi connectivity index (χ1v) is 7.87. The molecule has 0 aliphatic carbocycles. The van der Waals surface area contributed by atoms with Gasteiger partial charge < -0.3 is 14.4 Å². The fourth-order valence-corrected chi connectivity index (χ4v) is 2.28. The zero-order valence-electron chi connectivity index (χ0n) is 14.7. The molecule has 1 aromatic carbocycles. The van der Waals surface area contributed by atoms with Gasteiger partial charge in [0.05, 0.1) is 13.2 Å². The molecule has 7 nitrogen and oxygen atoms in total. The SMILES string of the molecule is COCCn1nc(C(=O)N(C)Cc2ccccc2OC(F)(F)F)ccc1=O. The molecule has 0 unspecified atom stereocenters. The van der Waals surface area contributed by atoms with Gasteiger partial charge in [-0.15, -0.1) is 13.2 Å². The molecule has 146 valence electrons. The molecule has 2 aromatic rings. The molecular formula is C17H18F3N3O4. The third-order valence-corrected chi connectivity index (χ3v) is 3.55. The van der Waals surface area contributed by atoms with Crippen molar-refractivity contribution in [2.24, 2.45) is 0 Å². The molecule has 0 N–H and O–H groups in total. The zero-order chi connectivity index (χ0) is 20.0. The van der Waals surface area contributed by atoms with Crippen LogP contribution in [0, 0.1) is 0 Å². The number of halogens is 3. The van der Waals surface area contributed by atoms with Gasteiger partial charge in [0.1, 0.15) is 11.4 Å². The maximum atomic E-state index is 12.5. The predicted molar refractivity (Wildman–Crippen MR) is 89.3 cm³/mol. The second-order valence-electron chi connectivity index (χ2n) is 5.59. The summed E-state index contributed by atoms with van der Waals surface area (Å²) in [7, 11) is 2.88. The summed E-state index contributed by atoms with van der Waals surface area (Å²) in [6, 6.07) is 8.01. The molecule has 0 radical (unpaired) electrons. The summed E-state index contributed by atoms with van der Waals surface area (Å²) in [5.41, 5.74) is -0.226. The smallest absolute Gasteiger partial charge is 0.405 e. The van der Waals surface area contributed by atoms with Crippen molar-refractivity contribution >= 4 is 5.91 Å². The van der Waals surface area contributed by atoms with Crippen LogP contribution in [0.5, 0.6) is 5.75 Å². The van der Waals surface area contributed by atoms with E-state index in [4.69, 9.17) is 4.74 Å². The molecule has 0 saturated heterocycles. The van der Waals surface area contributed by atoms with Gasteiger partial charge in [0.15, 0.2) is 0 Å². The average molecular weight is 385 g/mol. The predicted octanol–water partition coefficient (Wildman–Crippen LogP) is 2.06. The van der Waals surface area contributed by atoms with Crippen LogP contribution in [0.15, 0.2) is 41.2 Å². The van der Waals surface area contributed by atoms with Gasteiger partial charge in [-0.25, -0.2) is 4.68 Å². The highest BCUT2D eigenvalue weighted by molar-refractivity contribution is 5.91. The second-order valence-corrected chi connectivity index (χ2v) is 5.59. The van der Waals surface area contributed by atoms with E-state index in [9.17, 15) is 22.8 Å². The van der Waals surface area contributed by atoms with Gasteiger partial charge in [-0.3, -0.25) is 9.59 Å². The van der Waals surface area contributed by atoms with E-state index in [0.717, 1.165) is 4.68 Å². The minimum Gasteiger partial charge on any atom is -0.405 e. The van der Waals surface area contributed by atoms with Crippen LogP contribution in [0.1, 0.15) is 16.1 Å². The lowest BCUT2D eigenvalue weighted by molar-refractivity contribution is -0.275. The maximum absolute atomic E-state index is 12.5. The molecule has 0 spiro atoms. The van der Waals surface area contributed by atoms with Gasteiger partial charge in [0, 0.05) is 32.3 Å². The van der Waals surface area contributed by atoms with E-state index in [1.807, 2.05) is 0 Å². The van der Waals surface area contributed by atoms with Gasteiger partial charge >= 0.3 is 6.36 Å². The molecule has 27 heavy (non-hydrogen) atoms. The molecule has 1 amide bonds. The number of ether oxygens (including phenoxy) is 2. The molecule has 1 aromatic heterocycles. The van der Waals surface area contributed by atoms with E-state index >= 15 is 0 Å². The highest BCUT2D eigenvalue weighted by atomic mass is 19.4. The van der Waals surface area contributed by atoms with E-state index in [0.29, 0.717) is 0 Å². The molecular weight excluding hydrogens is 367 g/mol. The first-order chi connectivity index (χ1) is 12.7. The van der Waals surface area contributed by atoms with E-state index in [1.54, 1.807) is 6.07 Å². The van der Waals surface area contributed by atoms with Crippen LogP contribution in [0.3, 0.4) is 0 Å². The summed E-state index contributed by atoms with van der Waals surface area (Å²) in [6.45, 7) is 0.273. The molecule has 1 heterocycles. The number of amides is 1. The molecule has 0 bridgehead atoms. The Hall–Kier alpha value is -2.88. The topological polar surface area (TPSA) is 73.7 Å². The number of hydrogen-bond donors (Lipinski definition) is 0. The Bertz CT molecular complexity index is 852. The van der Waals surface area contributed by atoms with Gasteiger partial charge in [-0.1, -0.05) is 18.2 Å². The first kappa shape index (κ1) is 20.4. The number of para-hydroxylation sites is 1. The minimum absolute atomic E-state index is 0.0116. The van der Waals surface area contributed by atoms with Gasteiger partial charge in [0.2, 0.25) is 0 Å². The van der Waals surface area contributed by atoms with E-state index in [-0.39, 0.29) is 36.7 Å². The summed E-state index contributed by atoms with van der Waals surface area (Å²) in [5.74, 6) is -0.939. The number of nitrogens with zero attached hydrogens (tertiary/aromatic N) is 3. The lowest BCUT2D eigenvalue weighted by atomic mass is 10.2.